The van der Waals surface area contributed by atoms with Gasteiger partial charge in [-0.2, -0.15) is 0 Å². The monoisotopic (exact) mass is 1740 g/mol. The second kappa shape index (κ2) is 55.3. The van der Waals surface area contributed by atoms with Crippen LogP contribution in [-0.4, -0.2) is 98.2 Å². The van der Waals surface area contributed by atoms with Gasteiger partial charge in [-0.25, -0.2) is 0 Å². The highest BCUT2D eigenvalue weighted by Crippen LogP contribution is 2.40. The maximum absolute atomic E-state index is 12.7. The van der Waals surface area contributed by atoms with Crippen molar-refractivity contribution in [1.29, 1.82) is 0 Å². The van der Waals surface area contributed by atoms with Crippen molar-refractivity contribution in [3.8, 4) is 51.7 Å². The third kappa shape index (κ3) is 36.0. The van der Waals surface area contributed by atoms with E-state index in [1.807, 2.05) is 139 Å². The standard InChI is InChI=1S/C31H40O6.C29H42O5.C26H36O4.C21H28O4/c1-7-22(2)25-12-14-28(15-13-25)36-17-23-8-10-24(11-9-23)18-37-31-27(20-33-4)16-26(19-32-3)30(35-6)29(31)21-34-5;1-9-21(2)22-13-15-25(16-14-22)31-18-17-26(30)34-27-23(19-32-28(3,4)5)11-10-12-24(27)20-33-29(6,7)8;1-4-20(2)23-9-15-26(16-10-23)30-19-29-25-13-7-22(8-14-25)18-28-24-11-5-21(6-12-24)17-27-3;1-5-15(2)17-6-8-20(9-7-17)25-14-19-11-16(12-23-3)10-18(13-24-4)21(19)22/h8-16,22H,7,17-21H2,1-6H3;10-16,21H,9,17-20H2,1-8H3;5-6,9-12,15-16,20,22,25H,4,7-8,13-14,17-19H2,1-3H3;6-11,15,22H,5,12-14H2,1-4H3. The van der Waals surface area contributed by atoms with Gasteiger partial charge in [-0.05, 0) is 246 Å². The smallest absolute Gasteiger partial charge is 0.314 e. The lowest BCUT2D eigenvalue weighted by molar-refractivity contribution is -0.135. The van der Waals surface area contributed by atoms with Gasteiger partial charge in [0, 0.05) is 76.0 Å². The summed E-state index contributed by atoms with van der Waals surface area (Å²) < 4.78 is 96.9. The van der Waals surface area contributed by atoms with Gasteiger partial charge in [0.05, 0.1) is 102 Å². The summed E-state index contributed by atoms with van der Waals surface area (Å²) in [6.45, 7) is 35.5. The van der Waals surface area contributed by atoms with Crippen molar-refractivity contribution in [3.05, 3.63) is 265 Å². The van der Waals surface area contributed by atoms with Gasteiger partial charge in [0.25, 0.3) is 0 Å². The highest BCUT2D eigenvalue weighted by Gasteiger charge is 2.26. The zero-order valence-corrected chi connectivity index (χ0v) is 79.3. The van der Waals surface area contributed by atoms with E-state index in [9.17, 15) is 9.90 Å². The van der Waals surface area contributed by atoms with Crippen LogP contribution in [0.25, 0.3) is 0 Å². The lowest BCUT2D eigenvalue weighted by Crippen LogP contribution is -2.26. The quantitative estimate of drug-likeness (QED) is 0.0215. The van der Waals surface area contributed by atoms with Crippen molar-refractivity contribution in [1.82, 2.24) is 0 Å². The largest absolute Gasteiger partial charge is 0.507 e. The van der Waals surface area contributed by atoms with Gasteiger partial charge >= 0.3 is 5.97 Å². The average molecular weight is 1740 g/mol. The molecular weight excluding hydrogens is 1590 g/mol. The van der Waals surface area contributed by atoms with Crippen molar-refractivity contribution in [3.63, 3.8) is 0 Å². The fourth-order valence-electron chi connectivity index (χ4n) is 14.0. The molecule has 0 amide bonds. The summed E-state index contributed by atoms with van der Waals surface area (Å²) in [6.07, 6.45) is 9.32. The molecule has 0 bridgehead atoms. The van der Waals surface area contributed by atoms with E-state index in [1.54, 1.807) is 49.8 Å². The molecule has 4 unspecified atom stereocenters. The Morgan fingerprint density at radius 2 is 0.738 bits per heavy atom. The Hall–Kier alpha value is -9.51. The topological polar surface area (TPSA) is 194 Å². The molecule has 4 atom stereocenters. The fourth-order valence-corrected chi connectivity index (χ4v) is 14.0. The summed E-state index contributed by atoms with van der Waals surface area (Å²) in [5.41, 5.74) is 14.8. The number of methoxy groups -OCH3 is 7. The first-order valence-corrected chi connectivity index (χ1v) is 44.7. The number of aromatic hydroxyl groups is 1. The van der Waals surface area contributed by atoms with Crippen LogP contribution in [0.5, 0.6) is 51.7 Å². The van der Waals surface area contributed by atoms with E-state index in [2.05, 4.69) is 140 Å². The number of benzene rings is 9. The molecule has 0 aliphatic heterocycles. The summed E-state index contributed by atoms with van der Waals surface area (Å²) in [7, 11) is 11.6. The highest BCUT2D eigenvalue weighted by atomic mass is 16.7. The maximum Gasteiger partial charge on any atom is 0.314 e. The van der Waals surface area contributed by atoms with Gasteiger partial charge in [0.2, 0.25) is 0 Å². The number of rotatable bonds is 46. The third-order valence-electron chi connectivity index (χ3n) is 22.3. The van der Waals surface area contributed by atoms with E-state index < -0.39 is 0 Å². The Labute approximate surface area is 753 Å². The number of esters is 1. The van der Waals surface area contributed by atoms with Crippen LogP contribution in [0.4, 0.5) is 0 Å². The molecular formula is C107H146O19. The molecule has 1 N–H and O–H groups in total. The number of carbonyl (C=O) groups is 1. The van der Waals surface area contributed by atoms with Crippen LogP contribution in [0, 0.1) is 5.92 Å². The van der Waals surface area contributed by atoms with Crippen LogP contribution in [0.2, 0.25) is 0 Å². The number of phenolic OH excluding ortho intramolecular Hbond substituents is 1. The zero-order chi connectivity index (χ0) is 91.4. The average Bonchev–Trinajstić information content (AvgIpc) is 0.847. The van der Waals surface area contributed by atoms with Gasteiger partial charge in [-0.3, -0.25) is 4.79 Å². The minimum atomic E-state index is -0.351. The van der Waals surface area contributed by atoms with Crippen molar-refractivity contribution in [2.24, 2.45) is 5.92 Å². The van der Waals surface area contributed by atoms with E-state index >= 15 is 0 Å². The molecule has 9 aromatic rings. The lowest BCUT2D eigenvalue weighted by atomic mass is 9.88. The van der Waals surface area contributed by atoms with E-state index in [-0.39, 0.29) is 42.1 Å². The fraction of sp³-hybridized carbons (Fsp3) is 0.486. The van der Waals surface area contributed by atoms with Crippen LogP contribution < -0.4 is 37.9 Å². The molecule has 0 saturated heterocycles. The molecule has 0 radical (unpaired) electrons. The molecule has 19 heteroatoms. The van der Waals surface area contributed by atoms with Gasteiger partial charge in [-0.1, -0.05) is 159 Å². The first-order valence-electron chi connectivity index (χ1n) is 44.7. The van der Waals surface area contributed by atoms with Gasteiger partial charge in [0.1, 0.15) is 71.6 Å². The first-order chi connectivity index (χ1) is 60.7. The number of ether oxygens (including phenoxy) is 17. The Morgan fingerprint density at radius 3 is 1.17 bits per heavy atom. The Bertz CT molecular complexity index is 4490. The number of hydrogen-bond donors (Lipinski definition) is 1. The highest BCUT2D eigenvalue weighted by molar-refractivity contribution is 5.73. The summed E-state index contributed by atoms with van der Waals surface area (Å²) >= 11 is 0. The summed E-state index contributed by atoms with van der Waals surface area (Å²) in [6, 6.07) is 61.0. The molecule has 1 aliphatic carbocycles. The second-order valence-electron chi connectivity index (χ2n) is 34.4. The Morgan fingerprint density at radius 1 is 0.365 bits per heavy atom. The number of phenols is 1. The lowest BCUT2D eigenvalue weighted by Gasteiger charge is -2.28. The molecule has 0 aromatic heterocycles. The summed E-state index contributed by atoms with van der Waals surface area (Å²) in [4.78, 5) is 12.7. The molecule has 1 saturated carbocycles. The van der Waals surface area contributed by atoms with E-state index in [1.165, 1.54) is 22.3 Å². The van der Waals surface area contributed by atoms with E-state index in [0.717, 1.165) is 148 Å². The van der Waals surface area contributed by atoms with Gasteiger partial charge in [-0.15, -0.1) is 0 Å². The predicted octanol–water partition coefficient (Wildman–Crippen LogP) is 25.1. The summed E-state index contributed by atoms with van der Waals surface area (Å²) in [5, 5.41) is 10.4. The van der Waals surface area contributed by atoms with Crippen LogP contribution in [0.1, 0.15) is 262 Å². The molecule has 0 spiro atoms. The Balaban J connectivity index is 0.000000233. The van der Waals surface area contributed by atoms with E-state index in [0.29, 0.717) is 126 Å². The third-order valence-corrected chi connectivity index (χ3v) is 22.3. The van der Waals surface area contributed by atoms with Crippen molar-refractivity contribution < 1.29 is 90.4 Å². The van der Waals surface area contributed by atoms with Gasteiger partial charge < -0.3 is 85.6 Å². The van der Waals surface area contributed by atoms with Crippen molar-refractivity contribution in [2.75, 3.05) is 69.8 Å². The molecule has 0 heterocycles. The van der Waals surface area contributed by atoms with Crippen molar-refractivity contribution >= 4 is 5.97 Å². The van der Waals surface area contributed by atoms with Crippen molar-refractivity contribution in [2.45, 2.75) is 268 Å². The van der Waals surface area contributed by atoms with Crippen LogP contribution in [0.15, 0.2) is 182 Å². The molecule has 9 aromatic carbocycles. The number of hydrogen-bond acceptors (Lipinski definition) is 19. The minimum Gasteiger partial charge on any atom is -0.507 e. The summed E-state index contributed by atoms with van der Waals surface area (Å²) in [5.74, 6) is 8.83. The first kappa shape index (κ1) is 104. The normalized spacial score (nSPS) is 14.1. The van der Waals surface area contributed by atoms with Crippen LogP contribution in [0.3, 0.4) is 0 Å². The second-order valence-corrected chi connectivity index (χ2v) is 34.4. The van der Waals surface area contributed by atoms with Crippen LogP contribution in [-0.2, 0) is 120 Å². The van der Waals surface area contributed by atoms with Crippen LogP contribution >= 0.6 is 0 Å². The number of carbonyl (C=O) groups excluding carboxylic acids is 1. The molecule has 10 rings (SSSR count). The molecule has 1 fully saturated rings. The SMILES string of the molecule is CCC(C)c1ccc(OCCC(=O)Oc2c(COC(C)(C)C)cccc2COC(C)(C)C)cc1.CCC(C)c1ccc(OCOC2CCC(COc3ccc(COC)cc3)CC2)cc1.CCC(C)c1ccc(OCc2cc(COC)cc(COC)c2O)cc1.CCC(C)c1ccc(OCc2ccc(COc3c(COC)cc(COC)c(OC)c3COC)cc2)cc1. The Kier molecular flexibility index (Phi) is 45.4. The molecule has 19 nitrogen and oxygen atoms in total. The maximum atomic E-state index is 12.7. The molecule has 126 heavy (non-hydrogen) atoms. The van der Waals surface area contributed by atoms with Gasteiger partial charge in [0.15, 0.2) is 6.79 Å². The molecule has 1 aliphatic rings. The predicted molar refractivity (Wildman–Crippen MR) is 501 cm³/mol. The molecule has 688 valence electrons. The minimum absolute atomic E-state index is 0.140. The zero-order valence-electron chi connectivity index (χ0n) is 79.3. The van der Waals surface area contributed by atoms with E-state index in [4.69, 9.17) is 80.5 Å². The number of para-hydroxylation sites is 1.